The van der Waals surface area contributed by atoms with Crippen LogP contribution in [0.2, 0.25) is 0 Å². The maximum Gasteiger partial charge on any atom is 0.573 e. The predicted octanol–water partition coefficient (Wildman–Crippen LogP) is 4.97. The van der Waals surface area contributed by atoms with E-state index in [2.05, 4.69) is 4.74 Å². The Labute approximate surface area is 149 Å². The zero-order chi connectivity index (χ0) is 19.5. The summed E-state index contributed by atoms with van der Waals surface area (Å²) in [6, 6.07) is 3.89. The summed E-state index contributed by atoms with van der Waals surface area (Å²) >= 11 is 0. The summed E-state index contributed by atoms with van der Waals surface area (Å²) in [5, 5.41) is 8.78. The summed E-state index contributed by atoms with van der Waals surface area (Å²) in [5.74, 6) is -0.996. The van der Waals surface area contributed by atoms with Gasteiger partial charge in [0, 0.05) is 17.1 Å². The van der Waals surface area contributed by atoms with E-state index >= 15 is 0 Å². The Morgan fingerprint density at radius 2 is 2.04 bits per heavy atom. The van der Waals surface area contributed by atoms with E-state index in [1.54, 1.807) is 19.1 Å². The number of aliphatic carboxylic acids is 1. The van der Waals surface area contributed by atoms with E-state index in [0.29, 0.717) is 29.1 Å². The lowest BCUT2D eigenvalue weighted by Gasteiger charge is -2.18. The van der Waals surface area contributed by atoms with Crippen molar-refractivity contribution in [3.63, 3.8) is 0 Å². The highest BCUT2D eigenvalue weighted by molar-refractivity contribution is 5.83. The molecule has 1 aliphatic heterocycles. The van der Waals surface area contributed by atoms with Crippen LogP contribution < -0.4 is 9.47 Å². The number of alkyl halides is 3. The van der Waals surface area contributed by atoms with Gasteiger partial charge in [-0.25, -0.2) is 4.79 Å². The minimum Gasteiger partial charge on any atom is -0.492 e. The molecule has 2 rings (SSSR count). The van der Waals surface area contributed by atoms with Crippen LogP contribution in [-0.4, -0.2) is 24.0 Å². The van der Waals surface area contributed by atoms with Crippen molar-refractivity contribution in [3.8, 4) is 11.5 Å². The molecule has 0 saturated heterocycles. The van der Waals surface area contributed by atoms with Gasteiger partial charge < -0.3 is 14.6 Å². The first kappa shape index (κ1) is 19.6. The van der Waals surface area contributed by atoms with Crippen LogP contribution in [0.15, 0.2) is 48.1 Å². The molecule has 0 amide bonds. The van der Waals surface area contributed by atoms with E-state index in [9.17, 15) is 18.0 Å². The van der Waals surface area contributed by atoms with Gasteiger partial charge >= 0.3 is 12.3 Å². The van der Waals surface area contributed by atoms with Gasteiger partial charge in [0.05, 0.1) is 6.61 Å². The number of ether oxygens (including phenoxy) is 2. The normalized spacial score (nSPS) is 17.2. The van der Waals surface area contributed by atoms with Crippen molar-refractivity contribution in [3.05, 3.63) is 53.6 Å². The van der Waals surface area contributed by atoms with Crippen LogP contribution in [0.25, 0.3) is 5.57 Å². The second-order valence-electron chi connectivity index (χ2n) is 6.64. The predicted molar refractivity (Wildman–Crippen MR) is 90.9 cm³/mol. The molecule has 0 radical (unpaired) electrons. The quantitative estimate of drug-likeness (QED) is 0.602. The number of benzene rings is 1. The first-order valence-electron chi connectivity index (χ1n) is 7.80. The highest BCUT2D eigenvalue weighted by Gasteiger charge is 2.32. The fraction of sp³-hybridized carbons (Fsp3) is 0.316. The molecule has 1 aromatic carbocycles. The molecule has 4 nitrogen and oxygen atoms in total. The molecular formula is C19H19F3O4. The standard InChI is InChI=1S/C19H19F3O4/c1-12(8-17(23)24)4-5-13-10-18(2,3)11-25-16-7-6-14(9-15(13)16)26-19(20,21)22/h4-10H,11H2,1-3H3,(H,23,24)/b5-4+,12-8+. The minimum atomic E-state index is -4.79. The summed E-state index contributed by atoms with van der Waals surface area (Å²) in [7, 11) is 0. The number of carboxylic acid groups (broad SMARTS) is 1. The number of fused-ring (bicyclic) bond motifs is 1. The highest BCUT2D eigenvalue weighted by atomic mass is 19.4. The van der Waals surface area contributed by atoms with E-state index in [4.69, 9.17) is 9.84 Å². The molecule has 0 atom stereocenters. The van der Waals surface area contributed by atoms with E-state index < -0.39 is 12.3 Å². The zero-order valence-corrected chi connectivity index (χ0v) is 14.6. The molecule has 0 aliphatic carbocycles. The summed E-state index contributed by atoms with van der Waals surface area (Å²) < 4.78 is 47.2. The van der Waals surface area contributed by atoms with E-state index in [1.165, 1.54) is 18.2 Å². The van der Waals surface area contributed by atoms with Crippen LogP contribution in [0.1, 0.15) is 26.3 Å². The molecule has 0 spiro atoms. The van der Waals surface area contributed by atoms with Crippen LogP contribution in [-0.2, 0) is 4.79 Å². The molecule has 1 N–H and O–H groups in total. The van der Waals surface area contributed by atoms with Gasteiger partial charge in [0.15, 0.2) is 0 Å². The molecule has 0 aromatic heterocycles. The number of hydrogen-bond acceptors (Lipinski definition) is 3. The van der Waals surface area contributed by atoms with E-state index in [-0.39, 0.29) is 11.2 Å². The van der Waals surface area contributed by atoms with Crippen molar-refractivity contribution in [2.75, 3.05) is 6.61 Å². The second kappa shape index (κ2) is 7.27. The Bertz CT molecular complexity index is 786. The molecule has 0 fully saturated rings. The molecule has 26 heavy (non-hydrogen) atoms. The topological polar surface area (TPSA) is 55.8 Å². The van der Waals surface area contributed by atoms with Crippen LogP contribution >= 0.6 is 0 Å². The summed E-state index contributed by atoms with van der Waals surface area (Å²) in [6.07, 6.45) is 1.36. The SMILES string of the molecule is CC(/C=C/C1=CC(C)(C)COc2ccc(OC(F)(F)F)cc21)=C\C(=O)O. The number of carboxylic acids is 1. The Hall–Kier alpha value is -2.70. The molecule has 0 bridgehead atoms. The van der Waals surface area contributed by atoms with Crippen molar-refractivity contribution in [1.82, 2.24) is 0 Å². The van der Waals surface area contributed by atoms with Crippen molar-refractivity contribution >= 4 is 11.5 Å². The largest absolute Gasteiger partial charge is 0.573 e. The lowest BCUT2D eigenvalue weighted by Crippen LogP contribution is -2.17. The van der Waals surface area contributed by atoms with Crippen molar-refractivity contribution in [2.24, 2.45) is 5.41 Å². The average Bonchev–Trinajstić information content (AvgIpc) is 2.59. The molecule has 7 heteroatoms. The highest BCUT2D eigenvalue weighted by Crippen LogP contribution is 2.38. The molecular weight excluding hydrogens is 349 g/mol. The van der Waals surface area contributed by atoms with Gasteiger partial charge in [0.25, 0.3) is 0 Å². The maximum atomic E-state index is 12.5. The molecule has 1 aromatic rings. The van der Waals surface area contributed by atoms with Gasteiger partial charge in [-0.3, -0.25) is 0 Å². The van der Waals surface area contributed by atoms with Gasteiger partial charge in [0.1, 0.15) is 11.5 Å². The Morgan fingerprint density at radius 1 is 1.35 bits per heavy atom. The van der Waals surface area contributed by atoms with Crippen molar-refractivity contribution in [2.45, 2.75) is 27.1 Å². The Kier molecular flexibility index (Phi) is 5.49. The van der Waals surface area contributed by atoms with Crippen molar-refractivity contribution in [1.29, 1.82) is 0 Å². The van der Waals surface area contributed by atoms with E-state index in [0.717, 1.165) is 6.08 Å². The minimum absolute atomic E-state index is 0.348. The van der Waals surface area contributed by atoms with Gasteiger partial charge in [-0.15, -0.1) is 13.2 Å². The monoisotopic (exact) mass is 368 g/mol. The average molecular weight is 368 g/mol. The maximum absolute atomic E-state index is 12.5. The van der Waals surface area contributed by atoms with E-state index in [1.807, 2.05) is 19.9 Å². The number of allylic oxidation sites excluding steroid dienone is 4. The zero-order valence-electron chi connectivity index (χ0n) is 14.6. The number of halogens is 3. The first-order chi connectivity index (χ1) is 12.0. The Morgan fingerprint density at radius 3 is 2.65 bits per heavy atom. The Balaban J connectivity index is 2.48. The number of hydrogen-bond donors (Lipinski definition) is 1. The summed E-state index contributed by atoms with van der Waals surface area (Å²) in [5.41, 5.74) is 1.18. The number of rotatable bonds is 4. The van der Waals surface area contributed by atoms with Gasteiger partial charge in [0.2, 0.25) is 0 Å². The molecule has 140 valence electrons. The molecule has 0 unspecified atom stereocenters. The van der Waals surface area contributed by atoms with Crippen LogP contribution in [0.4, 0.5) is 13.2 Å². The van der Waals surface area contributed by atoms with Crippen LogP contribution in [0.5, 0.6) is 11.5 Å². The lowest BCUT2D eigenvalue weighted by molar-refractivity contribution is -0.274. The number of carbonyl (C=O) groups is 1. The van der Waals surface area contributed by atoms with Crippen LogP contribution in [0, 0.1) is 5.41 Å². The first-order valence-corrected chi connectivity index (χ1v) is 7.80. The van der Waals surface area contributed by atoms with Gasteiger partial charge in [-0.1, -0.05) is 32.1 Å². The summed E-state index contributed by atoms with van der Waals surface area (Å²) in [6.45, 7) is 5.83. The fourth-order valence-electron chi connectivity index (χ4n) is 2.46. The van der Waals surface area contributed by atoms with Gasteiger partial charge in [-0.2, -0.15) is 0 Å². The lowest BCUT2D eigenvalue weighted by atomic mass is 9.90. The van der Waals surface area contributed by atoms with Gasteiger partial charge in [-0.05, 0) is 36.3 Å². The molecule has 0 saturated carbocycles. The van der Waals surface area contributed by atoms with Crippen molar-refractivity contribution < 1.29 is 32.5 Å². The molecule has 1 aliphatic rings. The molecule has 1 heterocycles. The van der Waals surface area contributed by atoms with Crippen LogP contribution in [0.3, 0.4) is 0 Å². The third-order valence-electron chi connectivity index (χ3n) is 3.52. The third-order valence-corrected chi connectivity index (χ3v) is 3.52. The second-order valence-corrected chi connectivity index (χ2v) is 6.64. The third kappa shape index (κ3) is 5.68. The smallest absolute Gasteiger partial charge is 0.492 e. The fourth-order valence-corrected chi connectivity index (χ4v) is 2.46. The summed E-state index contributed by atoms with van der Waals surface area (Å²) in [4.78, 5) is 10.7.